The van der Waals surface area contributed by atoms with E-state index in [1.54, 1.807) is 0 Å². The summed E-state index contributed by atoms with van der Waals surface area (Å²) in [6, 6.07) is 0. The predicted molar refractivity (Wildman–Crippen MR) is 56.4 cm³/mol. The second-order valence-electron chi connectivity index (χ2n) is 3.84. The highest BCUT2D eigenvalue weighted by atomic mass is 16.2. The van der Waals surface area contributed by atoms with E-state index < -0.39 is 17.3 Å². The number of rotatable bonds is 0. The molecule has 0 aliphatic carbocycles. The second kappa shape index (κ2) is 3.26. The Hall–Kier alpha value is -1.98. The summed E-state index contributed by atoms with van der Waals surface area (Å²) in [6.07, 6.45) is 1.30. The molecule has 1 aliphatic rings. The summed E-state index contributed by atoms with van der Waals surface area (Å²) < 4.78 is 1.23. The maximum Gasteiger partial charge on any atom is 0.266 e. The lowest BCUT2D eigenvalue weighted by molar-refractivity contribution is -0.120. The number of hydrogen-bond donors (Lipinski definition) is 0. The molecule has 6 nitrogen and oxygen atoms in total. The van der Waals surface area contributed by atoms with Gasteiger partial charge in [-0.2, -0.15) is 0 Å². The third-order valence-corrected chi connectivity index (χ3v) is 2.77. The van der Waals surface area contributed by atoms with Crippen LogP contribution in [0.5, 0.6) is 0 Å². The number of carbonyl (C=O) groups is 2. The lowest BCUT2D eigenvalue weighted by Gasteiger charge is -2.26. The first kappa shape index (κ1) is 10.5. The second-order valence-corrected chi connectivity index (χ2v) is 3.84. The minimum absolute atomic E-state index is 0.000370. The Morgan fingerprint density at radius 3 is 2.50 bits per heavy atom. The number of aryl methyl sites for hydroxylation is 1. The average Bonchev–Trinajstić information content (AvgIpc) is 2.27. The third-order valence-electron chi connectivity index (χ3n) is 2.77. The summed E-state index contributed by atoms with van der Waals surface area (Å²) in [6.45, 7) is 1.50. The van der Waals surface area contributed by atoms with E-state index in [9.17, 15) is 14.4 Å². The molecule has 0 bridgehead atoms. The van der Waals surface area contributed by atoms with Gasteiger partial charge in [-0.1, -0.05) is 0 Å². The van der Waals surface area contributed by atoms with Crippen LogP contribution in [0, 0.1) is 5.92 Å². The molecule has 1 aromatic heterocycles. The summed E-state index contributed by atoms with van der Waals surface area (Å²) in [5, 5.41) is 0. The van der Waals surface area contributed by atoms with Crippen molar-refractivity contribution in [1.29, 1.82) is 0 Å². The number of carbonyl (C=O) groups excluding carboxylic acids is 2. The Kier molecular flexibility index (Phi) is 2.15. The van der Waals surface area contributed by atoms with Gasteiger partial charge in [0.25, 0.3) is 5.56 Å². The normalized spacial score (nSPS) is 19.9. The van der Waals surface area contributed by atoms with Gasteiger partial charge in [0, 0.05) is 14.1 Å². The first-order chi connectivity index (χ1) is 7.45. The van der Waals surface area contributed by atoms with Crippen molar-refractivity contribution in [2.75, 3.05) is 11.9 Å². The largest absolute Gasteiger partial charge is 0.302 e. The van der Waals surface area contributed by atoms with Crippen LogP contribution < -0.4 is 10.5 Å². The Morgan fingerprint density at radius 1 is 1.25 bits per heavy atom. The van der Waals surface area contributed by atoms with Crippen molar-refractivity contribution in [3.8, 4) is 0 Å². The monoisotopic (exact) mass is 221 g/mol. The fraction of sp³-hybridized carbons (Fsp3) is 0.400. The lowest BCUT2D eigenvalue weighted by atomic mass is 9.95. The van der Waals surface area contributed by atoms with Gasteiger partial charge < -0.3 is 4.57 Å². The van der Waals surface area contributed by atoms with Gasteiger partial charge in [-0.25, -0.2) is 4.98 Å². The van der Waals surface area contributed by atoms with E-state index in [4.69, 9.17) is 0 Å². The predicted octanol–water partition coefficient (Wildman–Crippen LogP) is -0.425. The number of fused-ring (bicyclic) bond motifs is 1. The summed E-state index contributed by atoms with van der Waals surface area (Å²) in [5.74, 6) is -1.45. The van der Waals surface area contributed by atoms with Gasteiger partial charge in [0.2, 0.25) is 5.91 Å². The highest BCUT2D eigenvalue weighted by Crippen LogP contribution is 2.24. The summed E-state index contributed by atoms with van der Waals surface area (Å²) in [5.41, 5.74) is -0.416. The molecule has 84 valence electrons. The number of hydrogen-bond acceptors (Lipinski definition) is 4. The minimum Gasteiger partial charge on any atom is -0.302 e. The summed E-state index contributed by atoms with van der Waals surface area (Å²) >= 11 is 0. The zero-order chi connectivity index (χ0) is 12.0. The molecule has 0 aromatic carbocycles. The first-order valence-electron chi connectivity index (χ1n) is 4.82. The van der Waals surface area contributed by atoms with Crippen molar-refractivity contribution in [3.63, 3.8) is 0 Å². The molecule has 0 saturated heterocycles. The minimum atomic E-state index is -0.811. The van der Waals surface area contributed by atoms with Crippen molar-refractivity contribution >= 4 is 17.5 Å². The quantitative estimate of drug-likeness (QED) is 0.557. The van der Waals surface area contributed by atoms with E-state index >= 15 is 0 Å². The lowest BCUT2D eigenvalue weighted by Crippen LogP contribution is -2.45. The molecule has 1 aromatic rings. The Morgan fingerprint density at radius 2 is 1.88 bits per heavy atom. The van der Waals surface area contributed by atoms with Crippen LogP contribution in [0.25, 0.3) is 0 Å². The molecule has 0 fully saturated rings. The highest BCUT2D eigenvalue weighted by molar-refractivity contribution is 6.20. The zero-order valence-corrected chi connectivity index (χ0v) is 9.22. The van der Waals surface area contributed by atoms with E-state index in [0.29, 0.717) is 0 Å². The molecule has 16 heavy (non-hydrogen) atoms. The fourth-order valence-corrected chi connectivity index (χ4v) is 1.72. The van der Waals surface area contributed by atoms with Gasteiger partial charge in [-0.15, -0.1) is 0 Å². The molecule has 6 heteroatoms. The fourth-order valence-electron chi connectivity index (χ4n) is 1.72. The van der Waals surface area contributed by atoms with E-state index in [-0.39, 0.29) is 17.3 Å². The van der Waals surface area contributed by atoms with Crippen LogP contribution >= 0.6 is 0 Å². The van der Waals surface area contributed by atoms with Crippen LogP contribution in [-0.2, 0) is 11.8 Å². The zero-order valence-electron chi connectivity index (χ0n) is 9.22. The number of anilines is 1. The van der Waals surface area contributed by atoms with Crippen molar-refractivity contribution in [3.05, 3.63) is 22.2 Å². The Balaban J connectivity index is 2.79. The number of ketones is 1. The van der Waals surface area contributed by atoms with Crippen LogP contribution in [0.15, 0.2) is 11.1 Å². The molecule has 0 radical (unpaired) electrons. The number of nitrogens with zero attached hydrogens (tertiary/aromatic N) is 3. The van der Waals surface area contributed by atoms with Crippen LogP contribution in [0.3, 0.4) is 0 Å². The van der Waals surface area contributed by atoms with Crippen LogP contribution in [0.1, 0.15) is 17.3 Å². The smallest absolute Gasteiger partial charge is 0.266 e. The van der Waals surface area contributed by atoms with Crippen molar-refractivity contribution in [2.45, 2.75) is 6.92 Å². The van der Waals surface area contributed by atoms with E-state index in [0.717, 1.165) is 0 Å². The molecular weight excluding hydrogens is 210 g/mol. The van der Waals surface area contributed by atoms with Gasteiger partial charge in [0.05, 0.1) is 12.2 Å². The van der Waals surface area contributed by atoms with Crippen molar-refractivity contribution in [1.82, 2.24) is 9.55 Å². The van der Waals surface area contributed by atoms with Gasteiger partial charge in [-0.05, 0) is 6.92 Å². The van der Waals surface area contributed by atoms with E-state index in [1.807, 2.05) is 0 Å². The average molecular weight is 221 g/mol. The van der Waals surface area contributed by atoms with E-state index in [2.05, 4.69) is 4.98 Å². The molecule has 1 atom stereocenters. The first-order valence-corrected chi connectivity index (χ1v) is 4.82. The van der Waals surface area contributed by atoms with Crippen LogP contribution in [0.4, 0.5) is 5.82 Å². The topological polar surface area (TPSA) is 72.3 Å². The molecule has 2 heterocycles. The molecule has 1 unspecified atom stereocenters. The Labute approximate surface area is 91.5 Å². The van der Waals surface area contributed by atoms with E-state index in [1.165, 1.54) is 36.8 Å². The number of aromatic nitrogens is 2. The van der Waals surface area contributed by atoms with Crippen LogP contribution in [0.2, 0.25) is 0 Å². The molecule has 1 aliphatic heterocycles. The van der Waals surface area contributed by atoms with Gasteiger partial charge >= 0.3 is 0 Å². The summed E-state index contributed by atoms with van der Waals surface area (Å²) in [7, 11) is 3.03. The molecule has 1 amide bonds. The molecule has 0 saturated carbocycles. The van der Waals surface area contributed by atoms with Gasteiger partial charge in [0.15, 0.2) is 11.6 Å². The molecule has 0 spiro atoms. The molecule has 2 rings (SSSR count). The maximum atomic E-state index is 11.8. The highest BCUT2D eigenvalue weighted by Gasteiger charge is 2.37. The summed E-state index contributed by atoms with van der Waals surface area (Å²) in [4.78, 5) is 40.5. The maximum absolute atomic E-state index is 11.8. The molecular formula is C10H11N3O3. The third kappa shape index (κ3) is 1.19. The van der Waals surface area contributed by atoms with Crippen LogP contribution in [-0.4, -0.2) is 28.3 Å². The van der Waals surface area contributed by atoms with Crippen molar-refractivity contribution < 1.29 is 9.59 Å². The van der Waals surface area contributed by atoms with Gasteiger partial charge in [-0.3, -0.25) is 19.3 Å². The SMILES string of the molecule is CC1C(=O)c2c(ncn(C)c2=O)N(C)C1=O. The van der Waals surface area contributed by atoms with Crippen molar-refractivity contribution in [2.24, 2.45) is 13.0 Å². The van der Waals surface area contributed by atoms with Gasteiger partial charge in [0.1, 0.15) is 5.56 Å². The number of Topliss-reactive ketones (excluding diaryl/α,β-unsaturated/α-hetero) is 1. The standard InChI is InChI=1S/C10H11N3O3/c1-5-7(14)6-8(13(3)9(5)15)11-4-12(2)10(6)16/h4-5H,1-3H3. The number of amides is 1. The Bertz CT molecular complexity index is 547. The molecule has 0 N–H and O–H groups in total.